The molecule has 5 rings (SSSR count). The van der Waals surface area contributed by atoms with Crippen molar-refractivity contribution in [3.8, 4) is 28.4 Å². The maximum atomic E-state index is 14.4. The second-order valence-corrected chi connectivity index (χ2v) is 9.47. The quantitative estimate of drug-likeness (QED) is 0.255. The fourth-order valence-corrected chi connectivity index (χ4v) is 4.52. The van der Waals surface area contributed by atoms with Gasteiger partial charge in [-0.1, -0.05) is 35.3 Å². The summed E-state index contributed by atoms with van der Waals surface area (Å²) in [6, 6.07) is 20.6. The molecule has 192 valence electrons. The molecular formula is C29H20Cl2FNO5. The van der Waals surface area contributed by atoms with Crippen molar-refractivity contribution in [2.24, 2.45) is 0 Å². The zero-order valence-electron chi connectivity index (χ0n) is 19.7. The van der Waals surface area contributed by atoms with E-state index in [-0.39, 0.29) is 17.5 Å². The summed E-state index contributed by atoms with van der Waals surface area (Å²) in [5.74, 6) is -1.30. The first kappa shape index (κ1) is 25.6. The number of carboxylic acid groups (broad SMARTS) is 1. The molecule has 1 aliphatic heterocycles. The Kier molecular flexibility index (Phi) is 7.22. The van der Waals surface area contributed by atoms with Gasteiger partial charge in [-0.05, 0) is 72.6 Å². The Hall–Kier alpha value is -4.07. The van der Waals surface area contributed by atoms with Gasteiger partial charge < -0.3 is 19.9 Å². The molecule has 0 saturated carbocycles. The molecule has 1 unspecified atom stereocenters. The van der Waals surface area contributed by atoms with Crippen LogP contribution in [0.3, 0.4) is 0 Å². The topological polar surface area (TPSA) is 84.9 Å². The van der Waals surface area contributed by atoms with Crippen LogP contribution in [-0.4, -0.2) is 23.6 Å². The number of carboxylic acids is 1. The maximum absolute atomic E-state index is 14.4. The first-order chi connectivity index (χ1) is 18.3. The van der Waals surface area contributed by atoms with Crippen LogP contribution in [0.25, 0.3) is 11.1 Å². The van der Waals surface area contributed by atoms with E-state index >= 15 is 0 Å². The number of ether oxygens (including phenoxy) is 2. The van der Waals surface area contributed by atoms with Crippen molar-refractivity contribution in [1.82, 2.24) is 0 Å². The number of fused-ring (bicyclic) bond motifs is 1. The highest BCUT2D eigenvalue weighted by Gasteiger charge is 2.29. The third kappa shape index (κ3) is 5.44. The highest BCUT2D eigenvalue weighted by atomic mass is 35.5. The SMILES string of the molecule is O=C(Nc1ccc(F)c(-c2ccc(Cl)cc2)c1)c1ccc(Oc2cc3c(cc2Cl)C(C(=O)O)CCO3)cc1. The van der Waals surface area contributed by atoms with Crippen LogP contribution in [0.4, 0.5) is 10.1 Å². The lowest BCUT2D eigenvalue weighted by atomic mass is 9.93. The van der Waals surface area contributed by atoms with Crippen molar-refractivity contribution in [1.29, 1.82) is 0 Å². The molecule has 0 radical (unpaired) electrons. The molecule has 0 fully saturated rings. The van der Waals surface area contributed by atoms with E-state index < -0.39 is 17.7 Å². The van der Waals surface area contributed by atoms with E-state index in [1.54, 1.807) is 66.7 Å². The van der Waals surface area contributed by atoms with Crippen molar-refractivity contribution in [2.75, 3.05) is 11.9 Å². The molecule has 0 bridgehead atoms. The van der Waals surface area contributed by atoms with Crippen molar-refractivity contribution in [3.05, 3.63) is 106 Å². The third-order valence-electron chi connectivity index (χ3n) is 6.13. The summed E-state index contributed by atoms with van der Waals surface area (Å²) in [5, 5.41) is 13.0. The van der Waals surface area contributed by atoms with Gasteiger partial charge in [0.1, 0.15) is 23.1 Å². The highest BCUT2D eigenvalue weighted by molar-refractivity contribution is 6.32. The van der Waals surface area contributed by atoms with Gasteiger partial charge in [0.25, 0.3) is 5.91 Å². The van der Waals surface area contributed by atoms with Gasteiger partial charge in [-0.2, -0.15) is 0 Å². The van der Waals surface area contributed by atoms with E-state index in [1.807, 2.05) is 0 Å². The van der Waals surface area contributed by atoms with E-state index in [0.29, 0.717) is 56.6 Å². The van der Waals surface area contributed by atoms with Gasteiger partial charge in [0.2, 0.25) is 0 Å². The van der Waals surface area contributed by atoms with Crippen LogP contribution in [0.1, 0.15) is 28.3 Å². The zero-order chi connectivity index (χ0) is 26.8. The summed E-state index contributed by atoms with van der Waals surface area (Å²) in [7, 11) is 0. The van der Waals surface area contributed by atoms with Crippen molar-refractivity contribution in [3.63, 3.8) is 0 Å². The summed E-state index contributed by atoms with van der Waals surface area (Å²) in [6.07, 6.45) is 0.364. The molecule has 9 heteroatoms. The number of nitrogens with one attached hydrogen (secondary N) is 1. The second-order valence-electron chi connectivity index (χ2n) is 8.63. The molecule has 4 aromatic rings. The molecule has 4 aromatic carbocycles. The highest BCUT2D eigenvalue weighted by Crippen LogP contribution is 2.42. The number of hydrogen-bond acceptors (Lipinski definition) is 4. The number of benzene rings is 4. The second kappa shape index (κ2) is 10.7. The van der Waals surface area contributed by atoms with E-state index in [0.717, 1.165) is 0 Å². The molecule has 0 aliphatic carbocycles. The van der Waals surface area contributed by atoms with Crippen LogP contribution in [0.2, 0.25) is 10.0 Å². The normalized spacial score (nSPS) is 14.2. The molecule has 1 aliphatic rings. The van der Waals surface area contributed by atoms with Gasteiger partial charge in [0.15, 0.2) is 0 Å². The molecular weight excluding hydrogens is 532 g/mol. The summed E-state index contributed by atoms with van der Waals surface area (Å²) < 4.78 is 25.9. The minimum atomic E-state index is -0.935. The maximum Gasteiger partial charge on any atom is 0.311 e. The minimum Gasteiger partial charge on any atom is -0.493 e. The average molecular weight is 552 g/mol. The number of rotatable bonds is 6. The van der Waals surface area contributed by atoms with Crippen LogP contribution >= 0.6 is 23.2 Å². The molecule has 6 nitrogen and oxygen atoms in total. The molecule has 0 spiro atoms. The van der Waals surface area contributed by atoms with Gasteiger partial charge in [-0.25, -0.2) is 4.39 Å². The van der Waals surface area contributed by atoms with E-state index in [1.165, 1.54) is 12.1 Å². The molecule has 1 amide bonds. The van der Waals surface area contributed by atoms with E-state index in [2.05, 4.69) is 5.32 Å². The Bertz CT molecular complexity index is 1520. The van der Waals surface area contributed by atoms with Gasteiger partial charge in [-0.15, -0.1) is 0 Å². The largest absolute Gasteiger partial charge is 0.493 e. The summed E-state index contributed by atoms with van der Waals surface area (Å²) >= 11 is 12.3. The van der Waals surface area contributed by atoms with E-state index in [4.69, 9.17) is 32.7 Å². The van der Waals surface area contributed by atoms with Crippen LogP contribution in [0, 0.1) is 5.82 Å². The molecule has 0 aromatic heterocycles. The summed E-state index contributed by atoms with van der Waals surface area (Å²) in [4.78, 5) is 24.3. The molecule has 1 atom stereocenters. The number of aliphatic carboxylic acids is 1. The Labute approximate surface area is 227 Å². The Balaban J connectivity index is 1.29. The minimum absolute atomic E-state index is 0.245. The lowest BCUT2D eigenvalue weighted by molar-refractivity contribution is -0.139. The monoisotopic (exact) mass is 551 g/mol. The Morgan fingerprint density at radius 3 is 2.42 bits per heavy atom. The zero-order valence-corrected chi connectivity index (χ0v) is 21.2. The number of carbonyl (C=O) groups excluding carboxylic acids is 1. The first-order valence-corrected chi connectivity index (χ1v) is 12.4. The number of amides is 1. The fourth-order valence-electron chi connectivity index (χ4n) is 4.18. The van der Waals surface area contributed by atoms with E-state index in [9.17, 15) is 19.1 Å². The van der Waals surface area contributed by atoms with Crippen LogP contribution < -0.4 is 14.8 Å². The predicted octanol–water partition coefficient (Wildman–Crippen LogP) is 7.79. The summed E-state index contributed by atoms with van der Waals surface area (Å²) in [5.41, 5.74) is 2.27. The Morgan fingerprint density at radius 2 is 1.71 bits per heavy atom. The number of hydrogen-bond donors (Lipinski definition) is 2. The fraction of sp³-hybridized carbons (Fsp3) is 0.103. The third-order valence-corrected chi connectivity index (χ3v) is 6.67. The lowest BCUT2D eigenvalue weighted by Gasteiger charge is -2.24. The summed E-state index contributed by atoms with van der Waals surface area (Å²) in [6.45, 7) is 0.282. The number of carbonyl (C=O) groups is 2. The van der Waals surface area contributed by atoms with Gasteiger partial charge in [0, 0.05) is 33.5 Å². The Morgan fingerprint density at radius 1 is 0.974 bits per heavy atom. The van der Waals surface area contributed by atoms with Crippen LogP contribution in [0.5, 0.6) is 17.2 Å². The van der Waals surface area contributed by atoms with Gasteiger partial charge in [-0.3, -0.25) is 9.59 Å². The standard InChI is InChI=1S/C29H20Cl2FNO5/c30-18-5-1-16(2-6-18)22-13-19(7-10-25(22)32)33-28(34)17-3-8-20(9-4-17)38-27-15-26-23(14-24(27)31)21(29(35)36)11-12-37-26/h1-10,13-15,21H,11-12H2,(H,33,34)(H,35,36). The van der Waals surface area contributed by atoms with Gasteiger partial charge >= 0.3 is 5.97 Å². The predicted molar refractivity (Wildman–Crippen MR) is 143 cm³/mol. The van der Waals surface area contributed by atoms with Crippen LogP contribution in [0.15, 0.2) is 78.9 Å². The number of halogens is 3. The average Bonchev–Trinajstić information content (AvgIpc) is 2.90. The molecule has 38 heavy (non-hydrogen) atoms. The molecule has 0 saturated heterocycles. The smallest absolute Gasteiger partial charge is 0.311 e. The number of anilines is 1. The molecule has 1 heterocycles. The van der Waals surface area contributed by atoms with Crippen molar-refractivity contribution in [2.45, 2.75) is 12.3 Å². The molecule has 2 N–H and O–H groups in total. The van der Waals surface area contributed by atoms with Gasteiger partial charge in [0.05, 0.1) is 17.5 Å². The van der Waals surface area contributed by atoms with Crippen molar-refractivity contribution >= 4 is 40.8 Å². The van der Waals surface area contributed by atoms with Crippen molar-refractivity contribution < 1.29 is 28.6 Å². The van der Waals surface area contributed by atoms with Crippen LogP contribution in [-0.2, 0) is 4.79 Å². The lowest BCUT2D eigenvalue weighted by Crippen LogP contribution is -2.20. The first-order valence-electron chi connectivity index (χ1n) is 11.6.